The minimum Gasteiger partial charge on any atom is -0.321 e. The van der Waals surface area contributed by atoms with Crippen LogP contribution in [-0.2, 0) is 4.79 Å². The lowest BCUT2D eigenvalue weighted by atomic mass is 10.2. The van der Waals surface area contributed by atoms with E-state index in [1.54, 1.807) is 6.08 Å². The molecular weight excluding hydrogens is 300 g/mol. The minimum absolute atomic E-state index is 0.122. The summed E-state index contributed by atoms with van der Waals surface area (Å²) in [4.78, 5) is 22.7. The molecule has 1 amide bonds. The maximum Gasteiger partial charge on any atom is 0.271 e. The number of hydrogen-bond acceptors (Lipinski definition) is 4. The Hall–Kier alpha value is -2.18. The topological polar surface area (TPSA) is 72.2 Å². The van der Waals surface area contributed by atoms with Crippen molar-refractivity contribution in [2.45, 2.75) is 0 Å². The van der Waals surface area contributed by atoms with Crippen molar-refractivity contribution in [2.24, 2.45) is 0 Å². The van der Waals surface area contributed by atoms with Crippen LogP contribution in [0.15, 0.2) is 41.8 Å². The molecule has 0 unspecified atom stereocenters. The van der Waals surface area contributed by atoms with Crippen LogP contribution in [0.4, 0.5) is 11.4 Å². The van der Waals surface area contributed by atoms with Gasteiger partial charge in [-0.25, -0.2) is 0 Å². The van der Waals surface area contributed by atoms with Crippen LogP contribution in [-0.4, -0.2) is 10.8 Å². The van der Waals surface area contributed by atoms with Crippen molar-refractivity contribution in [3.8, 4) is 0 Å². The smallest absolute Gasteiger partial charge is 0.271 e. The van der Waals surface area contributed by atoms with Crippen LogP contribution in [0.3, 0.4) is 0 Å². The largest absolute Gasteiger partial charge is 0.321 e. The van der Waals surface area contributed by atoms with Gasteiger partial charge in [0.2, 0.25) is 5.91 Å². The summed E-state index contributed by atoms with van der Waals surface area (Å²) in [7, 11) is 0. The molecule has 0 atom stereocenters. The van der Waals surface area contributed by atoms with Gasteiger partial charge in [-0.2, -0.15) is 0 Å². The van der Waals surface area contributed by atoms with E-state index < -0.39 is 4.92 Å². The molecule has 0 saturated carbocycles. The molecule has 102 valence electrons. The number of halogens is 1. The maximum absolute atomic E-state index is 11.7. The molecule has 7 heteroatoms. The van der Waals surface area contributed by atoms with Crippen molar-refractivity contribution >= 4 is 46.3 Å². The highest BCUT2D eigenvalue weighted by Gasteiger charge is 2.10. The molecule has 2 rings (SSSR count). The fourth-order valence-electron chi connectivity index (χ4n) is 1.44. The number of nitro groups is 1. The third-order valence-corrected chi connectivity index (χ3v) is 3.51. The number of nitrogens with one attached hydrogen (secondary N) is 1. The van der Waals surface area contributed by atoms with Crippen molar-refractivity contribution in [1.82, 2.24) is 0 Å². The fraction of sp³-hybridized carbons (Fsp3) is 0. The average Bonchev–Trinajstić information content (AvgIpc) is 2.91. The molecule has 1 N–H and O–H groups in total. The number of rotatable bonds is 4. The van der Waals surface area contributed by atoms with E-state index in [0.717, 1.165) is 4.88 Å². The van der Waals surface area contributed by atoms with E-state index in [1.165, 1.54) is 35.6 Å². The summed E-state index contributed by atoms with van der Waals surface area (Å²) in [5, 5.41) is 15.2. The molecule has 0 fully saturated rings. The Bertz CT molecular complexity index is 668. The number of anilines is 1. The second-order valence-corrected chi connectivity index (χ2v) is 5.15. The molecule has 1 aromatic carbocycles. The Kier molecular flexibility index (Phi) is 4.49. The highest BCUT2D eigenvalue weighted by molar-refractivity contribution is 7.10. The third kappa shape index (κ3) is 3.66. The summed E-state index contributed by atoms with van der Waals surface area (Å²) in [6.45, 7) is 0. The average molecular weight is 309 g/mol. The van der Waals surface area contributed by atoms with Crippen LogP contribution in [0.2, 0.25) is 5.02 Å². The van der Waals surface area contributed by atoms with Gasteiger partial charge in [-0.3, -0.25) is 14.9 Å². The maximum atomic E-state index is 11.7. The molecule has 0 bridgehead atoms. The first-order valence-corrected chi connectivity index (χ1v) is 6.78. The standard InChI is InChI=1S/C13H9ClN2O3S/c14-11-8-9(16(18)19)3-5-12(11)15-13(17)6-4-10-2-1-7-20-10/h1-8H,(H,15,17)/b6-4+. The van der Waals surface area contributed by atoms with Crippen LogP contribution >= 0.6 is 22.9 Å². The van der Waals surface area contributed by atoms with Gasteiger partial charge in [0, 0.05) is 23.1 Å². The van der Waals surface area contributed by atoms with Gasteiger partial charge in [0.15, 0.2) is 0 Å². The number of amides is 1. The van der Waals surface area contributed by atoms with E-state index in [9.17, 15) is 14.9 Å². The van der Waals surface area contributed by atoms with Crippen LogP contribution in [0.1, 0.15) is 4.88 Å². The zero-order valence-electron chi connectivity index (χ0n) is 10.1. The summed E-state index contributed by atoms with van der Waals surface area (Å²) in [5.74, 6) is -0.353. The number of non-ortho nitro benzene ring substituents is 1. The molecule has 5 nitrogen and oxygen atoms in total. The monoisotopic (exact) mass is 308 g/mol. The number of benzene rings is 1. The van der Waals surface area contributed by atoms with E-state index in [4.69, 9.17) is 11.6 Å². The summed E-state index contributed by atoms with van der Waals surface area (Å²) in [6.07, 6.45) is 3.06. The van der Waals surface area contributed by atoms with Crippen LogP contribution < -0.4 is 5.32 Å². The summed E-state index contributed by atoms with van der Waals surface area (Å²) < 4.78 is 0. The highest BCUT2D eigenvalue weighted by Crippen LogP contribution is 2.26. The highest BCUT2D eigenvalue weighted by atomic mass is 35.5. The number of carbonyl (C=O) groups is 1. The lowest BCUT2D eigenvalue weighted by molar-refractivity contribution is -0.384. The van der Waals surface area contributed by atoms with Gasteiger partial charge >= 0.3 is 0 Å². The van der Waals surface area contributed by atoms with E-state index >= 15 is 0 Å². The molecule has 0 aliphatic carbocycles. The molecule has 0 aliphatic rings. The van der Waals surface area contributed by atoms with Gasteiger partial charge in [-0.1, -0.05) is 17.7 Å². The molecule has 1 heterocycles. The van der Waals surface area contributed by atoms with Gasteiger partial charge in [0.25, 0.3) is 5.69 Å². The zero-order chi connectivity index (χ0) is 14.5. The lowest BCUT2D eigenvalue weighted by Gasteiger charge is -2.04. The molecule has 0 radical (unpaired) electrons. The Morgan fingerprint density at radius 1 is 1.40 bits per heavy atom. The summed E-state index contributed by atoms with van der Waals surface area (Å²) >= 11 is 7.39. The predicted octanol–water partition coefficient (Wildman–Crippen LogP) is 3.96. The predicted molar refractivity (Wildman–Crippen MR) is 80.1 cm³/mol. The Labute approximate surface area is 123 Å². The van der Waals surface area contributed by atoms with Crippen molar-refractivity contribution in [3.05, 3.63) is 61.8 Å². The minimum atomic E-state index is -0.547. The van der Waals surface area contributed by atoms with Gasteiger partial charge in [0.1, 0.15) is 0 Å². The number of nitrogens with zero attached hydrogens (tertiary/aromatic N) is 1. The van der Waals surface area contributed by atoms with E-state index in [1.807, 2.05) is 17.5 Å². The lowest BCUT2D eigenvalue weighted by Crippen LogP contribution is -2.08. The fourth-order valence-corrected chi connectivity index (χ4v) is 2.28. The second-order valence-electron chi connectivity index (χ2n) is 3.76. The first-order chi connectivity index (χ1) is 9.56. The van der Waals surface area contributed by atoms with Crippen LogP contribution in [0.25, 0.3) is 6.08 Å². The van der Waals surface area contributed by atoms with Crippen molar-refractivity contribution in [2.75, 3.05) is 5.32 Å². The molecular formula is C13H9ClN2O3S. The third-order valence-electron chi connectivity index (χ3n) is 2.36. The molecule has 20 heavy (non-hydrogen) atoms. The Morgan fingerprint density at radius 2 is 2.20 bits per heavy atom. The zero-order valence-corrected chi connectivity index (χ0v) is 11.6. The second kappa shape index (κ2) is 6.31. The van der Waals surface area contributed by atoms with E-state index in [2.05, 4.69) is 5.32 Å². The van der Waals surface area contributed by atoms with Gasteiger partial charge in [-0.05, 0) is 23.6 Å². The normalized spacial score (nSPS) is 10.7. The summed E-state index contributed by atoms with van der Waals surface area (Å²) in [6, 6.07) is 7.64. The number of carbonyl (C=O) groups excluding carboxylic acids is 1. The number of nitro benzene ring substituents is 1. The molecule has 0 saturated heterocycles. The van der Waals surface area contributed by atoms with E-state index in [-0.39, 0.29) is 16.6 Å². The SMILES string of the molecule is O=C(/C=C/c1cccs1)Nc1ccc([N+](=O)[O-])cc1Cl. The van der Waals surface area contributed by atoms with Gasteiger partial charge in [-0.15, -0.1) is 11.3 Å². The van der Waals surface area contributed by atoms with E-state index in [0.29, 0.717) is 5.69 Å². The van der Waals surface area contributed by atoms with Crippen molar-refractivity contribution in [1.29, 1.82) is 0 Å². The number of thiophene rings is 1. The molecule has 2 aromatic rings. The quantitative estimate of drug-likeness (QED) is 0.528. The van der Waals surface area contributed by atoms with Gasteiger partial charge < -0.3 is 5.32 Å². The van der Waals surface area contributed by atoms with Gasteiger partial charge in [0.05, 0.1) is 15.6 Å². The Balaban J connectivity index is 2.06. The Morgan fingerprint density at radius 3 is 2.80 bits per heavy atom. The van der Waals surface area contributed by atoms with Crippen LogP contribution in [0.5, 0.6) is 0 Å². The molecule has 0 aliphatic heterocycles. The molecule has 0 spiro atoms. The molecule has 1 aromatic heterocycles. The van der Waals surface area contributed by atoms with Crippen LogP contribution in [0, 0.1) is 10.1 Å². The first-order valence-electron chi connectivity index (χ1n) is 5.53. The van der Waals surface area contributed by atoms with Crippen molar-refractivity contribution < 1.29 is 9.72 Å². The van der Waals surface area contributed by atoms with Crippen molar-refractivity contribution in [3.63, 3.8) is 0 Å². The number of hydrogen-bond donors (Lipinski definition) is 1. The summed E-state index contributed by atoms with van der Waals surface area (Å²) in [5.41, 5.74) is 0.209. The first kappa shape index (κ1) is 14.2.